The van der Waals surface area contributed by atoms with Crippen LogP contribution in [0.1, 0.15) is 13.3 Å². The van der Waals surface area contributed by atoms with E-state index >= 15 is 0 Å². The van der Waals surface area contributed by atoms with Gasteiger partial charge in [0, 0.05) is 26.6 Å². The number of aromatic nitrogens is 3. The lowest BCUT2D eigenvalue weighted by molar-refractivity contribution is -0.119. The quantitative estimate of drug-likeness (QED) is 0.867. The molecule has 0 saturated carbocycles. The molecule has 0 N–H and O–H groups in total. The van der Waals surface area contributed by atoms with Crippen molar-refractivity contribution in [2.45, 2.75) is 19.9 Å². The SMILES string of the molecule is C[C@H]1CN(C)c2ccccc2N(C(=O)CCn2cncn2)C1. The van der Waals surface area contributed by atoms with Gasteiger partial charge in [0.15, 0.2) is 0 Å². The number of carbonyl (C=O) groups excluding carboxylic acids is 1. The van der Waals surface area contributed by atoms with Gasteiger partial charge in [0.05, 0.1) is 17.9 Å². The summed E-state index contributed by atoms with van der Waals surface area (Å²) in [5.41, 5.74) is 2.11. The molecule has 1 atom stereocenters. The zero-order valence-corrected chi connectivity index (χ0v) is 13.0. The molecule has 3 rings (SSSR count). The number of aryl methyl sites for hydroxylation is 1. The van der Waals surface area contributed by atoms with Crippen LogP contribution in [0.5, 0.6) is 0 Å². The van der Waals surface area contributed by atoms with Gasteiger partial charge in [-0.05, 0) is 18.1 Å². The maximum atomic E-state index is 12.7. The maximum Gasteiger partial charge on any atom is 0.228 e. The number of hydrogen-bond acceptors (Lipinski definition) is 4. The first-order valence-electron chi connectivity index (χ1n) is 7.58. The van der Waals surface area contributed by atoms with Gasteiger partial charge in [0.1, 0.15) is 12.7 Å². The van der Waals surface area contributed by atoms with Crippen molar-refractivity contribution in [1.29, 1.82) is 0 Å². The normalized spacial score (nSPS) is 18.0. The summed E-state index contributed by atoms with van der Waals surface area (Å²) in [6, 6.07) is 8.10. The van der Waals surface area contributed by atoms with Gasteiger partial charge in [-0.15, -0.1) is 0 Å². The molecular weight excluding hydrogens is 278 g/mol. The van der Waals surface area contributed by atoms with Crippen LogP contribution in [0.2, 0.25) is 0 Å². The molecule has 0 aliphatic carbocycles. The van der Waals surface area contributed by atoms with E-state index in [0.717, 1.165) is 24.5 Å². The van der Waals surface area contributed by atoms with Crippen molar-refractivity contribution in [3.63, 3.8) is 0 Å². The number of para-hydroxylation sites is 2. The van der Waals surface area contributed by atoms with Crippen molar-refractivity contribution in [3.05, 3.63) is 36.9 Å². The highest BCUT2D eigenvalue weighted by atomic mass is 16.2. The van der Waals surface area contributed by atoms with Gasteiger partial charge in [-0.2, -0.15) is 5.10 Å². The number of fused-ring (bicyclic) bond motifs is 1. The molecule has 1 amide bonds. The molecule has 0 saturated heterocycles. The largest absolute Gasteiger partial charge is 0.373 e. The Bertz CT molecular complexity index is 640. The Hall–Kier alpha value is -2.37. The highest BCUT2D eigenvalue weighted by Gasteiger charge is 2.26. The Labute approximate surface area is 130 Å². The lowest BCUT2D eigenvalue weighted by atomic mass is 10.1. The van der Waals surface area contributed by atoms with Crippen LogP contribution in [-0.2, 0) is 11.3 Å². The highest BCUT2D eigenvalue weighted by molar-refractivity contribution is 5.97. The van der Waals surface area contributed by atoms with Crippen molar-refractivity contribution in [2.75, 3.05) is 29.9 Å². The molecule has 2 aromatic rings. The van der Waals surface area contributed by atoms with Crippen LogP contribution in [-0.4, -0.2) is 40.8 Å². The molecule has 6 heteroatoms. The van der Waals surface area contributed by atoms with E-state index in [1.54, 1.807) is 11.0 Å². The van der Waals surface area contributed by atoms with Crippen LogP contribution in [0.25, 0.3) is 0 Å². The Balaban J connectivity index is 1.81. The van der Waals surface area contributed by atoms with E-state index in [1.165, 1.54) is 6.33 Å². The third-order valence-electron chi connectivity index (χ3n) is 3.99. The molecule has 22 heavy (non-hydrogen) atoms. The van der Waals surface area contributed by atoms with Gasteiger partial charge < -0.3 is 9.80 Å². The fraction of sp³-hybridized carbons (Fsp3) is 0.438. The van der Waals surface area contributed by atoms with Gasteiger partial charge in [0.25, 0.3) is 0 Å². The van der Waals surface area contributed by atoms with Crippen LogP contribution in [0.3, 0.4) is 0 Å². The van der Waals surface area contributed by atoms with Gasteiger partial charge >= 0.3 is 0 Å². The predicted molar refractivity (Wildman–Crippen MR) is 85.9 cm³/mol. The van der Waals surface area contributed by atoms with Crippen LogP contribution < -0.4 is 9.80 Å². The first kappa shape index (κ1) is 14.6. The van der Waals surface area contributed by atoms with Crippen molar-refractivity contribution in [2.24, 2.45) is 5.92 Å². The number of nitrogens with zero attached hydrogens (tertiary/aromatic N) is 5. The van der Waals surface area contributed by atoms with Gasteiger partial charge in [-0.1, -0.05) is 19.1 Å². The minimum absolute atomic E-state index is 0.130. The van der Waals surface area contributed by atoms with E-state index in [1.807, 2.05) is 23.1 Å². The summed E-state index contributed by atoms with van der Waals surface area (Å²) in [5, 5.41) is 4.05. The smallest absolute Gasteiger partial charge is 0.228 e. The van der Waals surface area contributed by atoms with Gasteiger partial charge in [0.2, 0.25) is 5.91 Å². The maximum absolute atomic E-state index is 12.7. The van der Waals surface area contributed by atoms with Crippen molar-refractivity contribution >= 4 is 17.3 Å². The second kappa shape index (κ2) is 6.17. The summed E-state index contributed by atoms with van der Waals surface area (Å²) < 4.78 is 1.69. The molecule has 0 unspecified atom stereocenters. The van der Waals surface area contributed by atoms with E-state index in [-0.39, 0.29) is 5.91 Å². The average Bonchev–Trinajstić information content (AvgIpc) is 2.99. The minimum atomic E-state index is 0.130. The summed E-state index contributed by atoms with van der Waals surface area (Å²) in [6.45, 7) is 4.43. The number of rotatable bonds is 3. The Kier molecular flexibility index (Phi) is 4.09. The first-order chi connectivity index (χ1) is 10.6. The lowest BCUT2D eigenvalue weighted by Crippen LogP contribution is -2.35. The molecule has 6 nitrogen and oxygen atoms in total. The van der Waals surface area contributed by atoms with Gasteiger partial charge in [-0.25, -0.2) is 4.98 Å². The van der Waals surface area contributed by atoms with Crippen molar-refractivity contribution in [1.82, 2.24) is 14.8 Å². The Morgan fingerprint density at radius 3 is 2.77 bits per heavy atom. The second-order valence-electron chi connectivity index (χ2n) is 5.89. The van der Waals surface area contributed by atoms with Gasteiger partial charge in [-0.3, -0.25) is 9.48 Å². The zero-order valence-electron chi connectivity index (χ0n) is 13.0. The van der Waals surface area contributed by atoms with Crippen LogP contribution in [0.15, 0.2) is 36.9 Å². The topological polar surface area (TPSA) is 54.3 Å². The van der Waals surface area contributed by atoms with E-state index in [2.05, 4.69) is 35.0 Å². The highest BCUT2D eigenvalue weighted by Crippen LogP contribution is 2.32. The summed E-state index contributed by atoms with van der Waals surface area (Å²) in [6.07, 6.45) is 3.55. The molecule has 1 aromatic carbocycles. The fourth-order valence-electron chi connectivity index (χ4n) is 2.98. The fourth-order valence-corrected chi connectivity index (χ4v) is 2.98. The van der Waals surface area contributed by atoms with E-state index < -0.39 is 0 Å². The molecule has 0 fully saturated rings. The average molecular weight is 299 g/mol. The molecular formula is C16H21N5O. The summed E-state index contributed by atoms with van der Waals surface area (Å²) in [5.74, 6) is 0.554. The second-order valence-corrected chi connectivity index (χ2v) is 5.89. The van der Waals surface area contributed by atoms with E-state index in [9.17, 15) is 4.79 Å². The van der Waals surface area contributed by atoms with E-state index in [0.29, 0.717) is 18.9 Å². The summed E-state index contributed by atoms with van der Waals surface area (Å²) in [4.78, 5) is 20.8. The standard InChI is InChI=1S/C16H21N5O/c1-13-9-19(2)14-5-3-4-6-15(14)21(10-13)16(22)7-8-20-12-17-11-18-20/h3-6,11-13H,7-10H2,1-2H3/t13-/m0/s1. The zero-order chi connectivity index (χ0) is 15.5. The Morgan fingerprint density at radius 2 is 2.05 bits per heavy atom. The summed E-state index contributed by atoms with van der Waals surface area (Å²) in [7, 11) is 2.08. The number of hydrogen-bond donors (Lipinski definition) is 0. The number of amides is 1. The third kappa shape index (κ3) is 2.95. The van der Waals surface area contributed by atoms with Crippen LogP contribution in [0, 0.1) is 5.92 Å². The summed E-state index contributed by atoms with van der Waals surface area (Å²) >= 11 is 0. The minimum Gasteiger partial charge on any atom is -0.373 e. The van der Waals surface area contributed by atoms with Crippen LogP contribution >= 0.6 is 0 Å². The lowest BCUT2D eigenvalue weighted by Gasteiger charge is -2.24. The number of anilines is 2. The molecule has 1 aromatic heterocycles. The van der Waals surface area contributed by atoms with Crippen molar-refractivity contribution < 1.29 is 4.79 Å². The number of benzene rings is 1. The molecule has 1 aliphatic heterocycles. The third-order valence-corrected chi connectivity index (χ3v) is 3.99. The van der Waals surface area contributed by atoms with Crippen LogP contribution in [0.4, 0.5) is 11.4 Å². The molecule has 0 bridgehead atoms. The molecule has 2 heterocycles. The molecule has 0 spiro atoms. The van der Waals surface area contributed by atoms with E-state index in [4.69, 9.17) is 0 Å². The monoisotopic (exact) mass is 299 g/mol. The van der Waals surface area contributed by atoms with Crippen molar-refractivity contribution in [3.8, 4) is 0 Å². The molecule has 116 valence electrons. The number of carbonyl (C=O) groups is 1. The molecule has 1 aliphatic rings. The Morgan fingerprint density at radius 1 is 1.27 bits per heavy atom. The first-order valence-corrected chi connectivity index (χ1v) is 7.58. The predicted octanol–water partition coefficient (Wildman–Crippen LogP) is 1.79. The molecule has 0 radical (unpaired) electrons.